The van der Waals surface area contributed by atoms with E-state index in [1.165, 1.54) is 16.8 Å². The fourth-order valence-electron chi connectivity index (χ4n) is 4.43. The first-order chi connectivity index (χ1) is 12.6. The van der Waals surface area contributed by atoms with Crippen molar-refractivity contribution in [3.63, 3.8) is 0 Å². The number of fused-ring (bicyclic) bond motifs is 1. The normalized spacial score (nSPS) is 22.7. The summed E-state index contributed by atoms with van der Waals surface area (Å²) in [5.41, 5.74) is 6.10. The van der Waals surface area contributed by atoms with Crippen molar-refractivity contribution in [3.8, 4) is 0 Å². The van der Waals surface area contributed by atoms with Crippen molar-refractivity contribution in [1.82, 2.24) is 9.47 Å². The first-order valence-electron chi connectivity index (χ1n) is 9.59. The van der Waals surface area contributed by atoms with E-state index in [4.69, 9.17) is 4.99 Å². The molecule has 144 valence electrons. The minimum absolute atomic E-state index is 0. The van der Waals surface area contributed by atoms with Crippen LogP contribution in [0, 0.1) is 11.8 Å². The molecule has 0 N–H and O–H groups in total. The molecule has 0 aromatic carbocycles. The molecule has 2 heterocycles. The number of nitrogens with zero attached hydrogens (tertiary/aromatic N) is 3. The lowest BCUT2D eigenvalue weighted by atomic mass is 9.79. The van der Waals surface area contributed by atoms with Crippen LogP contribution in [-0.2, 0) is 11.2 Å². The molecule has 0 saturated carbocycles. The molecule has 3 aliphatic rings. The van der Waals surface area contributed by atoms with Crippen molar-refractivity contribution in [2.75, 3.05) is 20.6 Å². The number of aryl methyl sites for hydroxylation is 1. The fraction of sp³-hybridized carbons (Fsp3) is 0.455. The lowest BCUT2D eigenvalue weighted by Gasteiger charge is -2.29. The summed E-state index contributed by atoms with van der Waals surface area (Å²) in [5.74, 6) is 0.320. The minimum Gasteiger partial charge on any atom is -0.314 e. The molecule has 5 heteroatoms. The second-order valence-corrected chi connectivity index (χ2v) is 7.83. The molecular weight excluding hydrogens is 358 g/mol. The lowest BCUT2D eigenvalue weighted by Crippen LogP contribution is -2.26. The number of ketones is 1. The zero-order valence-electron chi connectivity index (χ0n) is 16.3. The highest BCUT2D eigenvalue weighted by Crippen LogP contribution is 2.41. The molecule has 1 aliphatic heterocycles. The number of rotatable bonds is 5. The van der Waals surface area contributed by atoms with Crippen molar-refractivity contribution in [2.24, 2.45) is 16.8 Å². The van der Waals surface area contributed by atoms with Crippen molar-refractivity contribution in [2.45, 2.75) is 32.6 Å². The number of aliphatic imine (C=N–C) groups is 1. The van der Waals surface area contributed by atoms with Crippen molar-refractivity contribution in [1.29, 1.82) is 0 Å². The Morgan fingerprint density at radius 2 is 2.19 bits per heavy atom. The number of hydrogen-bond donors (Lipinski definition) is 0. The van der Waals surface area contributed by atoms with E-state index in [9.17, 15) is 4.79 Å². The second kappa shape index (κ2) is 7.99. The van der Waals surface area contributed by atoms with Gasteiger partial charge >= 0.3 is 0 Å². The lowest BCUT2D eigenvalue weighted by molar-refractivity contribution is -0.120. The van der Waals surface area contributed by atoms with E-state index in [0.29, 0.717) is 0 Å². The zero-order chi connectivity index (χ0) is 18.3. The quantitative estimate of drug-likeness (QED) is 0.760. The first-order valence-corrected chi connectivity index (χ1v) is 9.59. The number of hydrogen-bond acceptors (Lipinski definition) is 3. The van der Waals surface area contributed by atoms with E-state index < -0.39 is 0 Å². The maximum absolute atomic E-state index is 12.3. The van der Waals surface area contributed by atoms with Crippen LogP contribution in [0.5, 0.6) is 0 Å². The zero-order valence-corrected chi connectivity index (χ0v) is 17.1. The Hall–Kier alpha value is -1.91. The topological polar surface area (TPSA) is 37.6 Å². The smallest absolute Gasteiger partial charge is 0.137 e. The maximum atomic E-state index is 12.3. The molecular formula is C22H28ClN3O. The third-order valence-electron chi connectivity index (χ3n) is 5.72. The number of halogens is 1. The predicted octanol–water partition coefficient (Wildman–Crippen LogP) is 4.23. The molecule has 1 aromatic heterocycles. The van der Waals surface area contributed by atoms with E-state index in [1.54, 1.807) is 6.92 Å². The molecule has 0 bridgehead atoms. The predicted molar refractivity (Wildman–Crippen MR) is 114 cm³/mol. The van der Waals surface area contributed by atoms with Gasteiger partial charge in [0.25, 0.3) is 0 Å². The fourth-order valence-corrected chi connectivity index (χ4v) is 4.43. The Balaban J connectivity index is 0.00000210. The summed E-state index contributed by atoms with van der Waals surface area (Å²) in [7, 11) is 4.19. The molecule has 0 radical (unpaired) electrons. The molecule has 0 amide bonds. The molecule has 27 heavy (non-hydrogen) atoms. The SMILES string of the molecule is CC(=O)C1C=CC2=C(N=CC3=CCCc4ccn2c43)C1CCCN(C)C.Cl. The molecule has 2 unspecified atom stereocenters. The molecule has 4 nitrogen and oxygen atoms in total. The van der Waals surface area contributed by atoms with Gasteiger partial charge in [-0.1, -0.05) is 12.2 Å². The molecule has 4 rings (SSSR count). The summed E-state index contributed by atoms with van der Waals surface area (Å²) in [4.78, 5) is 19.4. The van der Waals surface area contributed by atoms with E-state index >= 15 is 0 Å². The van der Waals surface area contributed by atoms with Gasteiger partial charge in [-0.25, -0.2) is 0 Å². The van der Waals surface area contributed by atoms with Crippen LogP contribution in [0.3, 0.4) is 0 Å². The Morgan fingerprint density at radius 3 is 2.93 bits per heavy atom. The van der Waals surface area contributed by atoms with Crippen LogP contribution in [0.4, 0.5) is 0 Å². The highest BCUT2D eigenvalue weighted by molar-refractivity contribution is 6.12. The molecule has 2 atom stereocenters. The van der Waals surface area contributed by atoms with E-state index in [0.717, 1.165) is 43.6 Å². The summed E-state index contributed by atoms with van der Waals surface area (Å²) in [6.45, 7) is 2.74. The van der Waals surface area contributed by atoms with Crippen LogP contribution in [-0.4, -0.2) is 42.1 Å². The van der Waals surface area contributed by atoms with Gasteiger partial charge in [-0.2, -0.15) is 0 Å². The van der Waals surface area contributed by atoms with Crippen LogP contribution >= 0.6 is 12.4 Å². The standard InChI is InChI=1S/C22H27N3O.ClH/c1-15(26)18-9-10-20-21(19(18)8-5-12-24(2)3)23-14-17-7-4-6-16-11-13-25(20)22(16)17;/h7,9-11,13-14,18-19H,4-6,8,12H2,1-3H3;1H. The maximum Gasteiger partial charge on any atom is 0.137 e. The van der Waals surface area contributed by atoms with Crippen LogP contribution in [0.25, 0.3) is 11.3 Å². The molecule has 2 aliphatic carbocycles. The Kier molecular flexibility index (Phi) is 5.87. The number of Topliss-reactive ketones (excluding diaryl/α,β-unsaturated/α-hetero) is 1. The van der Waals surface area contributed by atoms with Gasteiger partial charge in [0.15, 0.2) is 0 Å². The first kappa shape index (κ1) is 19.8. The largest absolute Gasteiger partial charge is 0.314 e. The van der Waals surface area contributed by atoms with E-state index in [-0.39, 0.29) is 30.0 Å². The van der Waals surface area contributed by atoms with Gasteiger partial charge < -0.3 is 9.47 Å². The summed E-state index contributed by atoms with van der Waals surface area (Å²) in [5, 5.41) is 0. The van der Waals surface area contributed by atoms with Gasteiger partial charge in [-0.3, -0.25) is 9.79 Å². The van der Waals surface area contributed by atoms with Crippen LogP contribution < -0.4 is 0 Å². The summed E-state index contributed by atoms with van der Waals surface area (Å²) >= 11 is 0. The summed E-state index contributed by atoms with van der Waals surface area (Å²) in [6, 6.07) is 2.23. The highest BCUT2D eigenvalue weighted by atomic mass is 35.5. The third kappa shape index (κ3) is 3.61. The van der Waals surface area contributed by atoms with Gasteiger partial charge in [0.2, 0.25) is 0 Å². The van der Waals surface area contributed by atoms with E-state index in [1.807, 2.05) is 6.21 Å². The second-order valence-electron chi connectivity index (χ2n) is 7.83. The van der Waals surface area contributed by atoms with Gasteiger partial charge in [0.1, 0.15) is 5.78 Å². The molecule has 0 saturated heterocycles. The van der Waals surface area contributed by atoms with Gasteiger partial charge in [0, 0.05) is 29.8 Å². The van der Waals surface area contributed by atoms with Crippen LogP contribution in [0.1, 0.15) is 37.4 Å². The molecule has 1 aromatic rings. The van der Waals surface area contributed by atoms with Crippen LogP contribution in [0.15, 0.2) is 41.2 Å². The third-order valence-corrected chi connectivity index (χ3v) is 5.72. The Labute approximate surface area is 167 Å². The Morgan fingerprint density at radius 1 is 1.37 bits per heavy atom. The Bertz CT molecular complexity index is 857. The van der Waals surface area contributed by atoms with Crippen molar-refractivity contribution in [3.05, 3.63) is 47.4 Å². The number of aromatic nitrogens is 1. The number of carbonyl (C=O) groups is 1. The highest BCUT2D eigenvalue weighted by Gasteiger charge is 2.33. The van der Waals surface area contributed by atoms with E-state index in [2.05, 4.69) is 54.1 Å². The van der Waals surface area contributed by atoms with Crippen LogP contribution in [0.2, 0.25) is 0 Å². The van der Waals surface area contributed by atoms with Gasteiger partial charge in [0.05, 0.1) is 17.1 Å². The summed E-state index contributed by atoms with van der Waals surface area (Å²) in [6.07, 6.45) is 14.9. The number of allylic oxidation sites excluding steroid dienone is 6. The molecule has 0 fully saturated rings. The van der Waals surface area contributed by atoms with Crippen molar-refractivity contribution < 1.29 is 4.79 Å². The van der Waals surface area contributed by atoms with Gasteiger partial charge in [-0.15, -0.1) is 12.4 Å². The van der Waals surface area contributed by atoms with Gasteiger partial charge in [-0.05, 0) is 71.0 Å². The monoisotopic (exact) mass is 385 g/mol. The number of carbonyl (C=O) groups excluding carboxylic acids is 1. The average Bonchev–Trinajstić information content (AvgIpc) is 2.96. The average molecular weight is 386 g/mol. The minimum atomic E-state index is -0.0674. The van der Waals surface area contributed by atoms with Crippen molar-refractivity contribution >= 4 is 35.7 Å². The summed E-state index contributed by atoms with van der Waals surface area (Å²) < 4.78 is 2.29. The molecule has 0 spiro atoms.